The first kappa shape index (κ1) is 13.4. The molecule has 0 aliphatic carbocycles. The lowest BCUT2D eigenvalue weighted by molar-refractivity contribution is -0.384. The van der Waals surface area contributed by atoms with E-state index in [9.17, 15) is 14.5 Å². The third-order valence-electron chi connectivity index (χ3n) is 2.36. The van der Waals surface area contributed by atoms with Gasteiger partial charge in [0.1, 0.15) is 11.5 Å². The SMILES string of the molecule is O=[N+]([O-])c1cc(Br)c(F)cc1NCCn1ccnn1. The van der Waals surface area contributed by atoms with E-state index in [-0.39, 0.29) is 15.8 Å². The van der Waals surface area contributed by atoms with Crippen LogP contribution in [-0.2, 0) is 6.54 Å². The van der Waals surface area contributed by atoms with Crippen LogP contribution in [0.25, 0.3) is 0 Å². The van der Waals surface area contributed by atoms with Gasteiger partial charge in [0.05, 0.1) is 22.1 Å². The normalized spacial score (nSPS) is 10.4. The summed E-state index contributed by atoms with van der Waals surface area (Å²) in [5.41, 5.74) is -0.0577. The monoisotopic (exact) mass is 329 g/mol. The molecule has 9 heteroatoms. The zero-order chi connectivity index (χ0) is 13.8. The molecule has 0 aliphatic rings. The Morgan fingerprint density at radius 3 is 2.95 bits per heavy atom. The number of benzene rings is 1. The largest absolute Gasteiger partial charge is 0.378 e. The van der Waals surface area contributed by atoms with Gasteiger partial charge in [0, 0.05) is 24.9 Å². The fourth-order valence-corrected chi connectivity index (χ4v) is 1.82. The van der Waals surface area contributed by atoms with Crippen LogP contribution in [0, 0.1) is 15.9 Å². The van der Waals surface area contributed by atoms with E-state index >= 15 is 0 Å². The molecule has 0 fully saturated rings. The molecule has 1 aromatic heterocycles. The number of anilines is 1. The molecule has 2 aromatic rings. The highest BCUT2D eigenvalue weighted by atomic mass is 79.9. The average molecular weight is 330 g/mol. The van der Waals surface area contributed by atoms with Crippen LogP contribution in [0.4, 0.5) is 15.8 Å². The van der Waals surface area contributed by atoms with Crippen molar-refractivity contribution in [2.75, 3.05) is 11.9 Å². The number of hydrogen-bond donors (Lipinski definition) is 1. The van der Waals surface area contributed by atoms with Gasteiger partial charge in [-0.25, -0.2) is 4.39 Å². The second-order valence-corrected chi connectivity index (χ2v) is 4.49. The van der Waals surface area contributed by atoms with Crippen molar-refractivity contribution in [2.24, 2.45) is 0 Å². The van der Waals surface area contributed by atoms with Crippen LogP contribution in [0.5, 0.6) is 0 Å². The molecular weight excluding hydrogens is 321 g/mol. The van der Waals surface area contributed by atoms with Crippen molar-refractivity contribution >= 4 is 27.3 Å². The second-order valence-electron chi connectivity index (χ2n) is 3.63. The van der Waals surface area contributed by atoms with Gasteiger partial charge in [0.2, 0.25) is 0 Å². The summed E-state index contributed by atoms with van der Waals surface area (Å²) in [5.74, 6) is -0.561. The average Bonchev–Trinajstić information content (AvgIpc) is 2.86. The topological polar surface area (TPSA) is 85.9 Å². The molecule has 7 nitrogen and oxygen atoms in total. The van der Waals surface area contributed by atoms with E-state index in [1.54, 1.807) is 10.9 Å². The highest BCUT2D eigenvalue weighted by molar-refractivity contribution is 9.10. The van der Waals surface area contributed by atoms with Crippen molar-refractivity contribution < 1.29 is 9.31 Å². The van der Waals surface area contributed by atoms with Gasteiger partial charge in [-0.2, -0.15) is 0 Å². The zero-order valence-corrected chi connectivity index (χ0v) is 11.2. The molecular formula is C10H9BrFN5O2. The summed E-state index contributed by atoms with van der Waals surface area (Å²) in [5, 5.41) is 21.1. The summed E-state index contributed by atoms with van der Waals surface area (Å²) in [7, 11) is 0. The van der Waals surface area contributed by atoms with Crippen LogP contribution >= 0.6 is 15.9 Å². The first-order valence-corrected chi connectivity index (χ1v) is 6.08. The highest BCUT2D eigenvalue weighted by Gasteiger charge is 2.17. The number of halogens is 2. The Morgan fingerprint density at radius 1 is 1.53 bits per heavy atom. The van der Waals surface area contributed by atoms with E-state index in [0.717, 1.165) is 12.1 Å². The number of nitrogens with zero attached hydrogens (tertiary/aromatic N) is 4. The fourth-order valence-electron chi connectivity index (χ4n) is 1.49. The predicted molar refractivity (Wildman–Crippen MR) is 69.3 cm³/mol. The van der Waals surface area contributed by atoms with Crippen LogP contribution in [0.15, 0.2) is 29.0 Å². The maximum absolute atomic E-state index is 13.4. The second kappa shape index (κ2) is 5.74. The molecule has 0 saturated carbocycles. The van der Waals surface area contributed by atoms with Gasteiger partial charge in [-0.3, -0.25) is 14.8 Å². The van der Waals surface area contributed by atoms with E-state index < -0.39 is 10.7 Å². The third-order valence-corrected chi connectivity index (χ3v) is 2.97. The van der Waals surface area contributed by atoms with Gasteiger partial charge in [-0.05, 0) is 15.9 Å². The molecule has 19 heavy (non-hydrogen) atoms. The van der Waals surface area contributed by atoms with Gasteiger partial charge in [0.25, 0.3) is 5.69 Å². The molecule has 0 saturated heterocycles. The molecule has 0 aliphatic heterocycles. The maximum atomic E-state index is 13.4. The number of nitro benzene ring substituents is 1. The molecule has 1 N–H and O–H groups in total. The summed E-state index contributed by atoms with van der Waals surface area (Å²) < 4.78 is 15.0. The van der Waals surface area contributed by atoms with Crippen LogP contribution in [-0.4, -0.2) is 26.5 Å². The Labute approximate surface area is 115 Å². The van der Waals surface area contributed by atoms with E-state index in [2.05, 4.69) is 31.6 Å². The smallest absolute Gasteiger partial charge is 0.293 e. The summed E-state index contributed by atoms with van der Waals surface area (Å²) in [6.45, 7) is 0.833. The van der Waals surface area contributed by atoms with Gasteiger partial charge in [-0.1, -0.05) is 5.21 Å². The first-order valence-electron chi connectivity index (χ1n) is 5.29. The minimum Gasteiger partial charge on any atom is -0.378 e. The molecule has 100 valence electrons. The lowest BCUT2D eigenvalue weighted by Crippen LogP contribution is -2.12. The van der Waals surface area contributed by atoms with Gasteiger partial charge < -0.3 is 5.32 Å². The summed E-state index contributed by atoms with van der Waals surface area (Å²) in [6.07, 6.45) is 3.19. The molecule has 0 amide bonds. The van der Waals surface area contributed by atoms with Crippen molar-refractivity contribution in [3.63, 3.8) is 0 Å². The quantitative estimate of drug-likeness (QED) is 0.671. The Bertz CT molecular complexity index is 590. The molecule has 0 radical (unpaired) electrons. The Morgan fingerprint density at radius 2 is 2.32 bits per heavy atom. The molecule has 0 bridgehead atoms. The highest BCUT2D eigenvalue weighted by Crippen LogP contribution is 2.30. The minimum absolute atomic E-state index is 0.0565. The predicted octanol–water partition coefficient (Wildman–Crippen LogP) is 2.20. The van der Waals surface area contributed by atoms with Crippen molar-refractivity contribution in [1.29, 1.82) is 0 Å². The van der Waals surface area contributed by atoms with Gasteiger partial charge in [0.15, 0.2) is 0 Å². The van der Waals surface area contributed by atoms with E-state index in [1.807, 2.05) is 0 Å². The van der Waals surface area contributed by atoms with E-state index in [0.29, 0.717) is 13.1 Å². The van der Waals surface area contributed by atoms with Gasteiger partial charge >= 0.3 is 0 Å². The number of hydrogen-bond acceptors (Lipinski definition) is 5. The van der Waals surface area contributed by atoms with Crippen LogP contribution in [0.3, 0.4) is 0 Å². The van der Waals surface area contributed by atoms with E-state index in [1.165, 1.54) is 6.20 Å². The molecule has 1 heterocycles. The lowest BCUT2D eigenvalue weighted by atomic mass is 10.2. The molecule has 0 unspecified atom stereocenters. The van der Waals surface area contributed by atoms with Crippen molar-refractivity contribution in [1.82, 2.24) is 15.0 Å². The number of nitrogens with one attached hydrogen (secondary N) is 1. The number of rotatable bonds is 5. The molecule has 1 aromatic carbocycles. The van der Waals surface area contributed by atoms with Crippen molar-refractivity contribution in [2.45, 2.75) is 6.54 Å². The summed E-state index contributed by atoms with van der Waals surface area (Å²) >= 11 is 2.92. The Hall–Kier alpha value is -2.03. The van der Waals surface area contributed by atoms with Crippen molar-refractivity contribution in [3.05, 3.63) is 44.9 Å². The first-order chi connectivity index (χ1) is 9.08. The number of aromatic nitrogens is 3. The molecule has 2 rings (SSSR count). The fraction of sp³-hybridized carbons (Fsp3) is 0.200. The lowest BCUT2D eigenvalue weighted by Gasteiger charge is -2.08. The third kappa shape index (κ3) is 3.25. The van der Waals surface area contributed by atoms with Crippen LogP contribution in [0.2, 0.25) is 0 Å². The minimum atomic E-state index is -0.567. The zero-order valence-electron chi connectivity index (χ0n) is 9.58. The van der Waals surface area contributed by atoms with Gasteiger partial charge in [-0.15, -0.1) is 5.10 Å². The maximum Gasteiger partial charge on any atom is 0.293 e. The summed E-state index contributed by atoms with van der Waals surface area (Å²) in [6, 6.07) is 2.22. The van der Waals surface area contributed by atoms with E-state index in [4.69, 9.17) is 0 Å². The summed E-state index contributed by atoms with van der Waals surface area (Å²) in [4.78, 5) is 10.3. The Kier molecular flexibility index (Phi) is 4.05. The molecule has 0 atom stereocenters. The van der Waals surface area contributed by atoms with Crippen LogP contribution < -0.4 is 5.32 Å². The van der Waals surface area contributed by atoms with Crippen molar-refractivity contribution in [3.8, 4) is 0 Å². The van der Waals surface area contributed by atoms with Crippen LogP contribution in [0.1, 0.15) is 0 Å². The molecule has 0 spiro atoms. The number of nitro groups is 1. The Balaban J connectivity index is 2.10. The standard InChI is InChI=1S/C10H9BrFN5O2/c11-7-5-10(17(18)19)9(6-8(7)12)13-1-3-16-4-2-14-15-16/h2,4-6,13H,1,3H2.